The molecule has 1 fully saturated rings. The summed E-state index contributed by atoms with van der Waals surface area (Å²) in [6, 6.07) is 6.42. The van der Waals surface area contributed by atoms with Gasteiger partial charge < -0.3 is 25.1 Å². The van der Waals surface area contributed by atoms with E-state index in [1.54, 1.807) is 12.1 Å². The molecule has 1 aliphatic heterocycles. The smallest absolute Gasteiger partial charge is 0.320 e. The molecule has 0 spiro atoms. The number of aliphatic carboxylic acids is 1. The Morgan fingerprint density at radius 2 is 1.85 bits per heavy atom. The summed E-state index contributed by atoms with van der Waals surface area (Å²) in [5.74, 6) is -2.90. The highest BCUT2D eigenvalue weighted by atomic mass is 19.2. The predicted octanol–water partition coefficient (Wildman–Crippen LogP) is 3.43. The third-order valence-corrected chi connectivity index (χ3v) is 5.20. The van der Waals surface area contributed by atoms with Crippen molar-refractivity contribution in [2.75, 3.05) is 28.6 Å². The van der Waals surface area contributed by atoms with Gasteiger partial charge in [0.2, 0.25) is 0 Å². The number of carbonyl (C=O) groups is 2. The third-order valence-electron chi connectivity index (χ3n) is 5.20. The first kappa shape index (κ1) is 22.1. The normalized spacial score (nSPS) is 14.2. The van der Waals surface area contributed by atoms with Crippen molar-refractivity contribution in [3.8, 4) is 0 Å². The Bertz CT molecular complexity index is 1150. The van der Waals surface area contributed by atoms with Crippen LogP contribution in [-0.2, 0) is 4.79 Å². The average molecular weight is 458 g/mol. The zero-order valence-corrected chi connectivity index (χ0v) is 17.3. The summed E-state index contributed by atoms with van der Waals surface area (Å²) in [6.07, 6.45) is 3.24. The Hall–Kier alpha value is -4.09. The van der Waals surface area contributed by atoms with Gasteiger partial charge in [0.15, 0.2) is 11.6 Å². The summed E-state index contributed by atoms with van der Waals surface area (Å²) in [5.41, 5.74) is 0.592. The van der Waals surface area contributed by atoms with Gasteiger partial charge >= 0.3 is 23.8 Å². The monoisotopic (exact) mass is 458 g/mol. The second kappa shape index (κ2) is 9.59. The highest BCUT2D eigenvalue weighted by Gasteiger charge is 2.22. The SMILES string of the molecule is O=C(O)CC1CCN(c2ccc(NC(=O)c3nnc(Nc4ccc(F)c(F)c4)o3)cn2)CC1. The molecule has 0 atom stereocenters. The van der Waals surface area contributed by atoms with E-state index in [2.05, 4.69) is 30.7 Å². The fourth-order valence-corrected chi connectivity index (χ4v) is 3.51. The van der Waals surface area contributed by atoms with Crippen LogP contribution >= 0.6 is 0 Å². The number of anilines is 4. The Balaban J connectivity index is 1.32. The van der Waals surface area contributed by atoms with E-state index in [4.69, 9.17) is 9.52 Å². The molecule has 2 aromatic heterocycles. The number of nitrogens with zero attached hydrogens (tertiary/aromatic N) is 4. The van der Waals surface area contributed by atoms with E-state index in [-0.39, 0.29) is 29.9 Å². The molecule has 12 heteroatoms. The van der Waals surface area contributed by atoms with Gasteiger partial charge in [-0.25, -0.2) is 13.8 Å². The molecule has 10 nitrogen and oxygen atoms in total. The molecule has 3 aromatic rings. The molecule has 1 saturated heterocycles. The van der Waals surface area contributed by atoms with Crippen molar-refractivity contribution in [1.29, 1.82) is 0 Å². The summed E-state index contributed by atoms with van der Waals surface area (Å²) in [5, 5.41) is 21.4. The number of hydrogen-bond acceptors (Lipinski definition) is 8. The summed E-state index contributed by atoms with van der Waals surface area (Å²) >= 11 is 0. The number of amides is 1. The van der Waals surface area contributed by atoms with Crippen LogP contribution in [0.25, 0.3) is 0 Å². The maximum atomic E-state index is 13.3. The molecular weight excluding hydrogens is 438 g/mol. The van der Waals surface area contributed by atoms with E-state index < -0.39 is 23.5 Å². The lowest BCUT2D eigenvalue weighted by molar-refractivity contribution is -0.138. The average Bonchev–Trinajstić information content (AvgIpc) is 3.26. The zero-order chi connectivity index (χ0) is 23.4. The molecule has 0 aliphatic carbocycles. The second-order valence-electron chi connectivity index (χ2n) is 7.55. The summed E-state index contributed by atoms with van der Waals surface area (Å²) in [4.78, 5) is 29.6. The van der Waals surface area contributed by atoms with Gasteiger partial charge in [0, 0.05) is 31.3 Å². The minimum atomic E-state index is -1.04. The molecule has 0 bridgehead atoms. The highest BCUT2D eigenvalue weighted by Crippen LogP contribution is 2.25. The van der Waals surface area contributed by atoms with Gasteiger partial charge in [0.05, 0.1) is 11.9 Å². The van der Waals surface area contributed by atoms with Gasteiger partial charge in [-0.3, -0.25) is 9.59 Å². The van der Waals surface area contributed by atoms with E-state index in [0.29, 0.717) is 18.8 Å². The van der Waals surface area contributed by atoms with Crippen LogP contribution in [0.5, 0.6) is 0 Å². The van der Waals surface area contributed by atoms with Crippen molar-refractivity contribution in [2.24, 2.45) is 5.92 Å². The molecule has 0 unspecified atom stereocenters. The first-order chi connectivity index (χ1) is 15.9. The van der Waals surface area contributed by atoms with Crippen molar-refractivity contribution in [3.63, 3.8) is 0 Å². The zero-order valence-electron chi connectivity index (χ0n) is 17.3. The number of carboxylic acid groups (broad SMARTS) is 1. The molecule has 172 valence electrons. The number of nitrogens with one attached hydrogen (secondary N) is 2. The van der Waals surface area contributed by atoms with E-state index >= 15 is 0 Å². The first-order valence-corrected chi connectivity index (χ1v) is 10.2. The van der Waals surface area contributed by atoms with Crippen molar-refractivity contribution in [1.82, 2.24) is 15.2 Å². The first-order valence-electron chi connectivity index (χ1n) is 10.2. The fourth-order valence-electron chi connectivity index (χ4n) is 3.51. The van der Waals surface area contributed by atoms with Crippen LogP contribution in [0.3, 0.4) is 0 Å². The number of benzene rings is 1. The number of piperidine rings is 1. The quantitative estimate of drug-likeness (QED) is 0.487. The van der Waals surface area contributed by atoms with Crippen LogP contribution in [0.4, 0.5) is 32.0 Å². The van der Waals surface area contributed by atoms with Crippen LogP contribution in [0.15, 0.2) is 40.9 Å². The van der Waals surface area contributed by atoms with Gasteiger partial charge in [-0.05, 0) is 43.0 Å². The van der Waals surface area contributed by atoms with Gasteiger partial charge in [0.1, 0.15) is 5.82 Å². The number of rotatable bonds is 7. The second-order valence-corrected chi connectivity index (χ2v) is 7.55. The summed E-state index contributed by atoms with van der Waals surface area (Å²) < 4.78 is 31.5. The maximum absolute atomic E-state index is 13.3. The van der Waals surface area contributed by atoms with E-state index in [0.717, 1.165) is 30.8 Å². The van der Waals surface area contributed by atoms with Gasteiger partial charge in [0.25, 0.3) is 0 Å². The Kier molecular flexibility index (Phi) is 6.43. The largest absolute Gasteiger partial charge is 0.481 e. The Morgan fingerprint density at radius 3 is 2.52 bits per heavy atom. The van der Waals surface area contributed by atoms with Crippen LogP contribution in [0.2, 0.25) is 0 Å². The van der Waals surface area contributed by atoms with Crippen molar-refractivity contribution < 1.29 is 27.9 Å². The van der Waals surface area contributed by atoms with Crippen LogP contribution in [0.1, 0.15) is 29.9 Å². The van der Waals surface area contributed by atoms with Crippen molar-refractivity contribution >= 4 is 35.1 Å². The lowest BCUT2D eigenvalue weighted by Gasteiger charge is -2.32. The van der Waals surface area contributed by atoms with Crippen LogP contribution in [0, 0.1) is 17.6 Å². The predicted molar refractivity (Wildman–Crippen MR) is 113 cm³/mol. The lowest BCUT2D eigenvalue weighted by Crippen LogP contribution is -2.34. The minimum Gasteiger partial charge on any atom is -0.481 e. The molecule has 0 radical (unpaired) electrons. The summed E-state index contributed by atoms with van der Waals surface area (Å²) in [6.45, 7) is 1.43. The van der Waals surface area contributed by atoms with E-state index in [1.807, 2.05) is 0 Å². The summed E-state index contributed by atoms with van der Waals surface area (Å²) in [7, 11) is 0. The standard InChI is InChI=1S/C21H20F2N6O4/c22-15-3-1-13(10-16(15)23)26-21-28-27-20(33-21)19(32)25-14-2-4-17(24-11-14)29-7-5-12(6-8-29)9-18(30)31/h1-4,10-12H,5-9H2,(H,25,32)(H,26,28)(H,30,31). The molecule has 1 amide bonds. The highest BCUT2D eigenvalue weighted by molar-refractivity contribution is 6.00. The van der Waals surface area contributed by atoms with Crippen molar-refractivity contribution in [2.45, 2.75) is 19.3 Å². The van der Waals surface area contributed by atoms with Gasteiger partial charge in [-0.1, -0.05) is 5.10 Å². The van der Waals surface area contributed by atoms with Crippen LogP contribution in [-0.4, -0.2) is 45.3 Å². The maximum Gasteiger partial charge on any atom is 0.320 e. The number of halogens is 2. The van der Waals surface area contributed by atoms with E-state index in [1.165, 1.54) is 12.3 Å². The molecule has 0 saturated carbocycles. The van der Waals surface area contributed by atoms with Gasteiger partial charge in [-0.15, -0.1) is 5.10 Å². The minimum absolute atomic E-state index is 0.161. The lowest BCUT2D eigenvalue weighted by atomic mass is 9.94. The number of hydrogen-bond donors (Lipinski definition) is 3. The number of carboxylic acids is 1. The molecular formula is C21H20F2N6O4. The number of aromatic nitrogens is 3. The molecule has 4 rings (SSSR count). The van der Waals surface area contributed by atoms with Crippen molar-refractivity contribution in [3.05, 3.63) is 54.1 Å². The topological polar surface area (TPSA) is 133 Å². The molecule has 1 aliphatic rings. The Labute approximate surface area is 186 Å². The fraction of sp³-hybridized carbons (Fsp3) is 0.286. The molecule has 3 N–H and O–H groups in total. The number of pyridine rings is 1. The third kappa shape index (κ3) is 5.59. The van der Waals surface area contributed by atoms with Crippen LogP contribution < -0.4 is 15.5 Å². The van der Waals surface area contributed by atoms with E-state index in [9.17, 15) is 18.4 Å². The molecule has 1 aromatic carbocycles. The molecule has 3 heterocycles. The Morgan fingerprint density at radius 1 is 1.09 bits per heavy atom. The van der Waals surface area contributed by atoms with Gasteiger partial charge in [-0.2, -0.15) is 0 Å². The number of carbonyl (C=O) groups excluding carboxylic acids is 1. The molecule has 33 heavy (non-hydrogen) atoms.